The second-order valence-electron chi connectivity index (χ2n) is 7.21. The normalized spacial score (nSPS) is 11.0. The van der Waals surface area contributed by atoms with Gasteiger partial charge in [0.1, 0.15) is 5.82 Å². The summed E-state index contributed by atoms with van der Waals surface area (Å²) in [5.74, 6) is -0.474. The van der Waals surface area contributed by atoms with E-state index < -0.39 is 0 Å². The molecule has 0 bridgehead atoms. The summed E-state index contributed by atoms with van der Waals surface area (Å²) in [6.45, 7) is 3.58. The Morgan fingerprint density at radius 1 is 1.17 bits per heavy atom. The Kier molecular flexibility index (Phi) is 5.79. The van der Waals surface area contributed by atoms with Crippen molar-refractivity contribution in [3.63, 3.8) is 0 Å². The molecule has 152 valence electrons. The quantitative estimate of drug-likeness (QED) is 0.468. The number of pyridine rings is 2. The Morgan fingerprint density at radius 3 is 2.83 bits per heavy atom. The number of imidazole rings is 1. The summed E-state index contributed by atoms with van der Waals surface area (Å²) in [5, 5.41) is 0.651. The number of rotatable bonds is 7. The molecular formula is C23H22FN5O. The van der Waals surface area contributed by atoms with Gasteiger partial charge in [-0.1, -0.05) is 6.07 Å². The monoisotopic (exact) mass is 403 g/mol. The molecule has 4 aromatic rings. The van der Waals surface area contributed by atoms with Crippen LogP contribution >= 0.6 is 0 Å². The lowest BCUT2D eigenvalue weighted by Gasteiger charge is -2.24. The number of carbonyl (C=O) groups is 1. The number of aromatic nitrogens is 4. The van der Waals surface area contributed by atoms with Crippen LogP contribution in [0.15, 0.2) is 67.5 Å². The number of halogens is 1. The largest absolute Gasteiger partial charge is 0.337 e. The van der Waals surface area contributed by atoms with Crippen LogP contribution in [0.4, 0.5) is 4.39 Å². The third kappa shape index (κ3) is 4.51. The van der Waals surface area contributed by atoms with Gasteiger partial charge in [-0.2, -0.15) is 0 Å². The number of benzene rings is 1. The SMILES string of the molecule is Cc1cc(C(=O)N(CCCn2ccnc2)Cc2cccnc2)c2ccc(F)cc2n1. The fourth-order valence-corrected chi connectivity index (χ4v) is 3.51. The average molecular weight is 403 g/mol. The number of amides is 1. The number of nitrogens with zero attached hydrogens (tertiary/aromatic N) is 5. The molecule has 0 saturated carbocycles. The van der Waals surface area contributed by atoms with Crippen molar-refractivity contribution in [1.82, 2.24) is 24.4 Å². The van der Waals surface area contributed by atoms with Crippen molar-refractivity contribution in [2.24, 2.45) is 0 Å². The summed E-state index contributed by atoms with van der Waals surface area (Å²) >= 11 is 0. The van der Waals surface area contributed by atoms with E-state index in [1.54, 1.807) is 37.1 Å². The first-order valence-corrected chi connectivity index (χ1v) is 9.81. The van der Waals surface area contributed by atoms with Crippen molar-refractivity contribution >= 4 is 16.8 Å². The smallest absolute Gasteiger partial charge is 0.254 e. The van der Waals surface area contributed by atoms with Gasteiger partial charge in [0.2, 0.25) is 0 Å². The summed E-state index contributed by atoms with van der Waals surface area (Å²) in [7, 11) is 0. The minimum absolute atomic E-state index is 0.105. The van der Waals surface area contributed by atoms with Gasteiger partial charge >= 0.3 is 0 Å². The van der Waals surface area contributed by atoms with Crippen molar-refractivity contribution in [2.45, 2.75) is 26.4 Å². The highest BCUT2D eigenvalue weighted by atomic mass is 19.1. The summed E-state index contributed by atoms with van der Waals surface area (Å²) in [6.07, 6.45) is 9.66. The van der Waals surface area contributed by atoms with E-state index in [-0.39, 0.29) is 11.7 Å². The molecule has 0 fully saturated rings. The Morgan fingerprint density at radius 2 is 2.07 bits per heavy atom. The van der Waals surface area contributed by atoms with E-state index in [1.165, 1.54) is 12.1 Å². The van der Waals surface area contributed by atoms with Crippen LogP contribution in [-0.4, -0.2) is 36.9 Å². The highest BCUT2D eigenvalue weighted by Gasteiger charge is 2.20. The zero-order valence-electron chi connectivity index (χ0n) is 16.7. The first-order valence-electron chi connectivity index (χ1n) is 9.81. The lowest BCUT2D eigenvalue weighted by molar-refractivity contribution is 0.0740. The minimum atomic E-state index is -0.369. The zero-order valence-corrected chi connectivity index (χ0v) is 16.7. The first kappa shape index (κ1) is 19.7. The van der Waals surface area contributed by atoms with Gasteiger partial charge in [-0.05, 0) is 43.2 Å². The summed E-state index contributed by atoms with van der Waals surface area (Å²) in [6, 6.07) is 9.93. The second kappa shape index (κ2) is 8.82. The van der Waals surface area contributed by atoms with Gasteiger partial charge < -0.3 is 9.47 Å². The number of carbonyl (C=O) groups excluding carboxylic acids is 1. The van der Waals surface area contributed by atoms with Crippen LogP contribution in [0.5, 0.6) is 0 Å². The molecule has 0 aliphatic heterocycles. The molecule has 0 N–H and O–H groups in total. The Balaban J connectivity index is 1.63. The fraction of sp³-hybridized carbons (Fsp3) is 0.217. The predicted molar refractivity (Wildman–Crippen MR) is 112 cm³/mol. The second-order valence-corrected chi connectivity index (χ2v) is 7.21. The maximum absolute atomic E-state index is 13.7. The van der Waals surface area contributed by atoms with E-state index in [2.05, 4.69) is 15.0 Å². The molecule has 0 atom stereocenters. The van der Waals surface area contributed by atoms with Gasteiger partial charge in [-0.15, -0.1) is 0 Å². The van der Waals surface area contributed by atoms with Gasteiger partial charge in [0, 0.05) is 61.6 Å². The number of aryl methyl sites for hydroxylation is 2. The predicted octanol–water partition coefficient (Wildman–Crippen LogP) is 4.01. The van der Waals surface area contributed by atoms with Crippen molar-refractivity contribution in [3.05, 3.63) is 90.2 Å². The molecule has 3 aromatic heterocycles. The topological polar surface area (TPSA) is 63.9 Å². The average Bonchev–Trinajstić information content (AvgIpc) is 3.26. The molecule has 1 aromatic carbocycles. The van der Waals surface area contributed by atoms with Crippen LogP contribution in [0.1, 0.15) is 28.0 Å². The molecule has 7 heteroatoms. The third-order valence-corrected chi connectivity index (χ3v) is 4.92. The molecule has 3 heterocycles. The van der Waals surface area contributed by atoms with Crippen LogP contribution in [0.2, 0.25) is 0 Å². The number of fused-ring (bicyclic) bond motifs is 1. The lowest BCUT2D eigenvalue weighted by atomic mass is 10.1. The van der Waals surface area contributed by atoms with Gasteiger partial charge in [0.05, 0.1) is 17.4 Å². The lowest BCUT2D eigenvalue weighted by Crippen LogP contribution is -2.32. The summed E-state index contributed by atoms with van der Waals surface area (Å²) in [5.41, 5.74) is 2.65. The molecular weight excluding hydrogens is 381 g/mol. The van der Waals surface area contributed by atoms with E-state index in [9.17, 15) is 9.18 Å². The van der Waals surface area contributed by atoms with Gasteiger partial charge in [-0.3, -0.25) is 14.8 Å². The van der Waals surface area contributed by atoms with Crippen molar-refractivity contribution in [2.75, 3.05) is 6.54 Å². The van der Waals surface area contributed by atoms with Gasteiger partial charge in [0.15, 0.2) is 0 Å². The van der Waals surface area contributed by atoms with Crippen molar-refractivity contribution < 1.29 is 9.18 Å². The van der Waals surface area contributed by atoms with Crippen LogP contribution < -0.4 is 0 Å². The molecule has 1 amide bonds. The Bertz CT molecular complexity index is 1140. The van der Waals surface area contributed by atoms with E-state index >= 15 is 0 Å². The van der Waals surface area contributed by atoms with Gasteiger partial charge in [-0.25, -0.2) is 9.37 Å². The molecule has 0 aliphatic carbocycles. The molecule has 0 aliphatic rings. The van der Waals surface area contributed by atoms with E-state index in [0.29, 0.717) is 35.2 Å². The maximum Gasteiger partial charge on any atom is 0.254 e. The minimum Gasteiger partial charge on any atom is -0.337 e. The van der Waals surface area contributed by atoms with E-state index in [4.69, 9.17) is 0 Å². The molecule has 0 unspecified atom stereocenters. The summed E-state index contributed by atoms with van der Waals surface area (Å²) in [4.78, 5) is 28.0. The standard InChI is InChI=1S/C23H22FN5O/c1-17-12-21(20-6-5-19(24)13-22(20)27-17)23(30)29(15-18-4-2-7-25-14-18)10-3-9-28-11-8-26-16-28/h2,4-8,11-14,16H,3,9-10,15H2,1H3. The van der Waals surface area contributed by atoms with Gasteiger partial charge in [0.25, 0.3) is 5.91 Å². The van der Waals surface area contributed by atoms with Crippen LogP contribution in [0.25, 0.3) is 10.9 Å². The Hall–Kier alpha value is -3.61. The summed E-state index contributed by atoms with van der Waals surface area (Å²) < 4.78 is 15.7. The van der Waals surface area contributed by atoms with E-state index in [1.807, 2.05) is 34.7 Å². The maximum atomic E-state index is 13.7. The highest BCUT2D eigenvalue weighted by molar-refractivity contribution is 6.06. The van der Waals surface area contributed by atoms with Crippen molar-refractivity contribution in [3.8, 4) is 0 Å². The van der Waals surface area contributed by atoms with Crippen molar-refractivity contribution in [1.29, 1.82) is 0 Å². The molecule has 30 heavy (non-hydrogen) atoms. The van der Waals surface area contributed by atoms with Crippen LogP contribution in [0, 0.1) is 12.7 Å². The molecule has 4 rings (SSSR count). The Labute approximate surface area is 174 Å². The number of hydrogen-bond donors (Lipinski definition) is 0. The van der Waals surface area contributed by atoms with Crippen LogP contribution in [-0.2, 0) is 13.1 Å². The fourth-order valence-electron chi connectivity index (χ4n) is 3.51. The molecule has 0 radical (unpaired) electrons. The molecule has 0 spiro atoms. The van der Waals surface area contributed by atoms with E-state index in [0.717, 1.165) is 18.5 Å². The molecule has 6 nitrogen and oxygen atoms in total. The highest BCUT2D eigenvalue weighted by Crippen LogP contribution is 2.22. The first-order chi connectivity index (χ1) is 14.6. The van der Waals surface area contributed by atoms with Crippen LogP contribution in [0.3, 0.4) is 0 Å². The third-order valence-electron chi connectivity index (χ3n) is 4.92. The zero-order chi connectivity index (χ0) is 20.9. The molecule has 0 saturated heterocycles. The number of hydrogen-bond acceptors (Lipinski definition) is 4.